The van der Waals surface area contributed by atoms with Crippen LogP contribution < -0.4 is 0 Å². The molecule has 5 nitrogen and oxygen atoms in total. The fourth-order valence-electron chi connectivity index (χ4n) is 2.46. The topological polar surface area (TPSA) is 58.2 Å². The van der Waals surface area contributed by atoms with E-state index in [1.807, 2.05) is 41.5 Å². The van der Waals surface area contributed by atoms with Gasteiger partial charge in [0, 0.05) is 23.2 Å². The highest BCUT2D eigenvalue weighted by atomic mass is 16.6. The molecule has 1 aromatic heterocycles. The number of hydrogen-bond acceptors (Lipinski definition) is 3. The molecule has 0 bridgehead atoms. The Kier molecular flexibility index (Phi) is 5.07. The molecule has 0 aromatic carbocycles. The smallest absolute Gasteiger partial charge is 0.410 e. The lowest BCUT2D eigenvalue weighted by molar-refractivity contribution is 0.0172. The number of aromatic nitrogens is 2. The molecule has 1 aromatic rings. The molecule has 1 N–H and O–H groups in total. The number of hydrogen-bond donors (Lipinski definition) is 1. The Labute approximate surface area is 128 Å². The third kappa shape index (κ3) is 3.99. The van der Waals surface area contributed by atoms with Crippen LogP contribution in [-0.4, -0.2) is 33.3 Å². The first-order valence-electron chi connectivity index (χ1n) is 7.62. The van der Waals surface area contributed by atoms with E-state index in [-0.39, 0.29) is 11.5 Å². The molecule has 0 saturated carbocycles. The van der Waals surface area contributed by atoms with Gasteiger partial charge >= 0.3 is 6.09 Å². The first-order chi connectivity index (χ1) is 9.60. The Bertz CT molecular complexity index is 498. The molecule has 1 aliphatic heterocycles. The average Bonchev–Trinajstić information content (AvgIpc) is 2.72. The largest absolute Gasteiger partial charge is 0.444 e. The summed E-state index contributed by atoms with van der Waals surface area (Å²) in [5, 5.41) is 7.39. The number of aromatic amines is 1. The summed E-state index contributed by atoms with van der Waals surface area (Å²) in [5.74, 6) is 0. The van der Waals surface area contributed by atoms with Crippen LogP contribution in [0.15, 0.2) is 0 Å². The summed E-state index contributed by atoms with van der Waals surface area (Å²) in [7, 11) is 0. The van der Waals surface area contributed by atoms with Crippen LogP contribution in [0.5, 0.6) is 0 Å². The number of rotatable bonds is 0. The predicted molar refractivity (Wildman–Crippen MR) is 84.3 cm³/mol. The summed E-state index contributed by atoms with van der Waals surface area (Å²) in [5.41, 5.74) is 2.57. The van der Waals surface area contributed by atoms with Gasteiger partial charge in [0.05, 0.1) is 12.2 Å². The maximum absolute atomic E-state index is 12.2. The van der Waals surface area contributed by atoms with E-state index >= 15 is 0 Å². The minimum absolute atomic E-state index is 0.157. The molecule has 1 amide bonds. The maximum Gasteiger partial charge on any atom is 0.410 e. The molecule has 1 aliphatic rings. The van der Waals surface area contributed by atoms with E-state index < -0.39 is 5.60 Å². The fraction of sp³-hybridized carbons (Fsp3) is 0.750. The van der Waals surface area contributed by atoms with Crippen LogP contribution in [0.1, 0.15) is 65.4 Å². The standard InChI is InChI=1S/C14H23N3O2.C2H6/c1-9-10-7-17(12(18)19-13(2,3)4)8-14(5,6)11(10)16-15-9;1-2/h7-8H2,1-6H3,(H,15,16);1-2H3. The molecule has 2 heterocycles. The number of aryl methyl sites for hydroxylation is 1. The summed E-state index contributed by atoms with van der Waals surface area (Å²) in [4.78, 5) is 14.0. The number of nitrogens with zero attached hydrogens (tertiary/aromatic N) is 2. The molecule has 0 saturated heterocycles. The van der Waals surface area contributed by atoms with E-state index in [0.717, 1.165) is 17.0 Å². The first kappa shape index (κ1) is 17.5. The van der Waals surface area contributed by atoms with Gasteiger partial charge in [-0.15, -0.1) is 0 Å². The molecule has 0 unspecified atom stereocenters. The van der Waals surface area contributed by atoms with Crippen molar-refractivity contribution in [3.05, 3.63) is 17.0 Å². The lowest BCUT2D eigenvalue weighted by atomic mass is 9.83. The van der Waals surface area contributed by atoms with Gasteiger partial charge in [0.15, 0.2) is 0 Å². The molecule has 120 valence electrons. The highest BCUT2D eigenvalue weighted by Gasteiger charge is 2.38. The second kappa shape index (κ2) is 6.08. The first-order valence-corrected chi connectivity index (χ1v) is 7.62. The van der Waals surface area contributed by atoms with E-state index in [1.54, 1.807) is 4.90 Å². The Morgan fingerprint density at radius 3 is 2.43 bits per heavy atom. The third-order valence-electron chi connectivity index (χ3n) is 3.30. The monoisotopic (exact) mass is 295 g/mol. The Hall–Kier alpha value is -1.52. The van der Waals surface area contributed by atoms with Crippen molar-refractivity contribution in [3.63, 3.8) is 0 Å². The Morgan fingerprint density at radius 1 is 1.33 bits per heavy atom. The van der Waals surface area contributed by atoms with Crippen molar-refractivity contribution in [2.45, 2.75) is 73.0 Å². The van der Waals surface area contributed by atoms with E-state index in [0.29, 0.717) is 13.1 Å². The van der Waals surface area contributed by atoms with Crippen LogP contribution in [-0.2, 0) is 16.7 Å². The van der Waals surface area contributed by atoms with Crippen molar-refractivity contribution in [2.75, 3.05) is 6.54 Å². The predicted octanol–water partition coefficient (Wildman–Crippen LogP) is 3.77. The average molecular weight is 295 g/mol. The van der Waals surface area contributed by atoms with Crippen LogP contribution >= 0.6 is 0 Å². The number of H-pyrrole nitrogens is 1. The SMILES string of the molecule is CC.Cc1[nH]nc2c1CN(C(=O)OC(C)(C)C)CC2(C)C. The van der Waals surface area contributed by atoms with Crippen molar-refractivity contribution in [2.24, 2.45) is 0 Å². The summed E-state index contributed by atoms with van der Waals surface area (Å²) >= 11 is 0. The van der Waals surface area contributed by atoms with E-state index in [9.17, 15) is 4.79 Å². The van der Waals surface area contributed by atoms with Gasteiger partial charge < -0.3 is 9.64 Å². The van der Waals surface area contributed by atoms with E-state index in [2.05, 4.69) is 24.0 Å². The Morgan fingerprint density at radius 2 is 1.90 bits per heavy atom. The van der Waals surface area contributed by atoms with Gasteiger partial charge in [-0.25, -0.2) is 4.79 Å². The molecular weight excluding hydrogens is 266 g/mol. The van der Waals surface area contributed by atoms with Crippen LogP contribution in [0, 0.1) is 6.92 Å². The molecule has 0 atom stereocenters. The molecule has 0 fully saturated rings. The lowest BCUT2D eigenvalue weighted by Crippen LogP contribution is -2.46. The summed E-state index contributed by atoms with van der Waals surface area (Å²) in [6, 6.07) is 0. The van der Waals surface area contributed by atoms with Gasteiger partial charge in [-0.3, -0.25) is 5.10 Å². The van der Waals surface area contributed by atoms with Gasteiger partial charge in [0.25, 0.3) is 0 Å². The highest BCUT2D eigenvalue weighted by molar-refractivity contribution is 5.69. The number of carbonyl (C=O) groups excluding carboxylic acids is 1. The van der Waals surface area contributed by atoms with Crippen molar-refractivity contribution in [3.8, 4) is 0 Å². The van der Waals surface area contributed by atoms with E-state index in [1.165, 1.54) is 0 Å². The number of amides is 1. The summed E-state index contributed by atoms with van der Waals surface area (Å²) in [6.45, 7) is 17.0. The van der Waals surface area contributed by atoms with Gasteiger partial charge in [-0.2, -0.15) is 5.10 Å². The summed E-state index contributed by atoms with van der Waals surface area (Å²) < 4.78 is 5.46. The maximum atomic E-state index is 12.2. The number of carbonyl (C=O) groups is 1. The Balaban J connectivity index is 0.00000106. The van der Waals surface area contributed by atoms with Crippen LogP contribution in [0.25, 0.3) is 0 Å². The van der Waals surface area contributed by atoms with Gasteiger partial charge in [-0.05, 0) is 27.7 Å². The number of ether oxygens (including phenoxy) is 1. The number of fused-ring (bicyclic) bond motifs is 1. The van der Waals surface area contributed by atoms with Gasteiger partial charge in [0.2, 0.25) is 0 Å². The molecule has 21 heavy (non-hydrogen) atoms. The zero-order valence-corrected chi connectivity index (χ0v) is 14.6. The second-order valence-electron chi connectivity index (χ2n) is 6.90. The molecule has 2 rings (SSSR count). The quantitative estimate of drug-likeness (QED) is 0.792. The molecule has 5 heteroatoms. The van der Waals surface area contributed by atoms with Crippen molar-refractivity contribution >= 4 is 6.09 Å². The van der Waals surface area contributed by atoms with E-state index in [4.69, 9.17) is 4.74 Å². The third-order valence-corrected chi connectivity index (χ3v) is 3.30. The van der Waals surface area contributed by atoms with Crippen LogP contribution in [0.4, 0.5) is 4.79 Å². The highest BCUT2D eigenvalue weighted by Crippen LogP contribution is 2.33. The zero-order valence-electron chi connectivity index (χ0n) is 14.6. The van der Waals surface area contributed by atoms with Crippen molar-refractivity contribution in [1.29, 1.82) is 0 Å². The minimum Gasteiger partial charge on any atom is -0.444 e. The van der Waals surface area contributed by atoms with Crippen molar-refractivity contribution < 1.29 is 9.53 Å². The van der Waals surface area contributed by atoms with Gasteiger partial charge in [-0.1, -0.05) is 27.7 Å². The summed E-state index contributed by atoms with van der Waals surface area (Å²) in [6.07, 6.45) is -0.258. The number of nitrogens with one attached hydrogen (secondary N) is 1. The molecular formula is C16H29N3O2. The molecule has 0 spiro atoms. The van der Waals surface area contributed by atoms with Crippen molar-refractivity contribution in [1.82, 2.24) is 15.1 Å². The fourth-order valence-corrected chi connectivity index (χ4v) is 2.46. The normalized spacial score (nSPS) is 16.7. The minimum atomic E-state index is -0.465. The molecule has 0 radical (unpaired) electrons. The second-order valence-corrected chi connectivity index (χ2v) is 6.90. The molecule has 0 aliphatic carbocycles. The zero-order chi connectivity index (χ0) is 16.4. The van der Waals surface area contributed by atoms with Crippen LogP contribution in [0.3, 0.4) is 0 Å². The van der Waals surface area contributed by atoms with Crippen LogP contribution in [0.2, 0.25) is 0 Å². The lowest BCUT2D eigenvalue weighted by Gasteiger charge is -2.37. The van der Waals surface area contributed by atoms with Gasteiger partial charge in [0.1, 0.15) is 5.60 Å².